The molecule has 1 saturated carbocycles. The van der Waals surface area contributed by atoms with Gasteiger partial charge in [0.05, 0.1) is 5.69 Å². The number of carbonyl (C=O) groups excluding carboxylic acids is 2. The zero-order chi connectivity index (χ0) is 19.7. The summed E-state index contributed by atoms with van der Waals surface area (Å²) in [6.45, 7) is 1.70. The van der Waals surface area contributed by atoms with Crippen molar-refractivity contribution in [2.45, 2.75) is 25.8 Å². The van der Waals surface area contributed by atoms with Crippen molar-refractivity contribution in [1.82, 2.24) is 20.1 Å². The highest BCUT2D eigenvalue weighted by molar-refractivity contribution is 6.02. The van der Waals surface area contributed by atoms with Crippen molar-refractivity contribution in [3.63, 3.8) is 0 Å². The molecule has 0 saturated heterocycles. The Bertz CT molecular complexity index is 1040. The van der Waals surface area contributed by atoms with E-state index < -0.39 is 5.91 Å². The van der Waals surface area contributed by atoms with Gasteiger partial charge in [0.2, 0.25) is 5.82 Å². The van der Waals surface area contributed by atoms with Crippen LogP contribution in [0.15, 0.2) is 48.5 Å². The number of benzene rings is 2. The van der Waals surface area contributed by atoms with Gasteiger partial charge in [0.1, 0.15) is 11.6 Å². The average molecular weight is 379 g/mol. The van der Waals surface area contributed by atoms with Crippen LogP contribution in [0.4, 0.5) is 10.1 Å². The van der Waals surface area contributed by atoms with Crippen LogP contribution >= 0.6 is 0 Å². The lowest BCUT2D eigenvalue weighted by Gasteiger charge is -2.06. The fraction of sp³-hybridized carbons (Fsp3) is 0.200. The third kappa shape index (κ3) is 3.90. The normalized spacial score (nSPS) is 13.2. The Labute approximate surface area is 160 Å². The van der Waals surface area contributed by atoms with E-state index in [9.17, 15) is 14.0 Å². The molecular formula is C20H18FN5O2. The molecule has 2 amide bonds. The van der Waals surface area contributed by atoms with E-state index in [0.29, 0.717) is 22.8 Å². The van der Waals surface area contributed by atoms with E-state index in [1.807, 2.05) is 0 Å². The molecule has 2 aromatic carbocycles. The summed E-state index contributed by atoms with van der Waals surface area (Å²) < 4.78 is 14.6. The molecule has 3 aromatic rings. The molecular weight excluding hydrogens is 361 g/mol. The zero-order valence-electron chi connectivity index (χ0n) is 15.1. The lowest BCUT2D eigenvalue weighted by molar-refractivity contribution is 0.0949. The number of hydrogen-bond donors (Lipinski definition) is 2. The maximum atomic E-state index is 13.1. The van der Waals surface area contributed by atoms with Crippen LogP contribution < -0.4 is 10.6 Å². The maximum Gasteiger partial charge on any atom is 0.295 e. The second kappa shape index (κ2) is 7.22. The van der Waals surface area contributed by atoms with E-state index in [1.54, 1.807) is 43.3 Å². The summed E-state index contributed by atoms with van der Waals surface area (Å²) in [6, 6.07) is 12.7. The lowest BCUT2D eigenvalue weighted by Crippen LogP contribution is -2.25. The largest absolute Gasteiger partial charge is 0.349 e. The van der Waals surface area contributed by atoms with Gasteiger partial charge in [-0.2, -0.15) is 0 Å². The van der Waals surface area contributed by atoms with Gasteiger partial charge >= 0.3 is 0 Å². The molecule has 1 aromatic heterocycles. The standard InChI is InChI=1S/C20H18FN5O2/c1-12-22-18(25-26(12)17-9-5-14(21)6-10-17)20(28)24-16-4-2-3-13(11-16)19(27)23-15-7-8-15/h2-6,9-11,15H,7-8H2,1H3,(H,23,27)(H,24,28). The van der Waals surface area contributed by atoms with Crippen LogP contribution in [0.5, 0.6) is 0 Å². The number of amides is 2. The molecule has 0 spiro atoms. The quantitative estimate of drug-likeness (QED) is 0.713. The molecule has 7 nitrogen and oxygen atoms in total. The Morgan fingerprint density at radius 1 is 1.11 bits per heavy atom. The third-order valence-electron chi connectivity index (χ3n) is 4.34. The van der Waals surface area contributed by atoms with Crippen molar-refractivity contribution < 1.29 is 14.0 Å². The van der Waals surface area contributed by atoms with Crippen molar-refractivity contribution in [2.24, 2.45) is 0 Å². The predicted molar refractivity (Wildman–Crippen MR) is 101 cm³/mol. The summed E-state index contributed by atoms with van der Waals surface area (Å²) in [7, 11) is 0. The smallest absolute Gasteiger partial charge is 0.295 e. The molecule has 0 aliphatic heterocycles. The number of nitrogens with one attached hydrogen (secondary N) is 2. The van der Waals surface area contributed by atoms with E-state index >= 15 is 0 Å². The Morgan fingerprint density at radius 2 is 1.86 bits per heavy atom. The molecule has 1 aliphatic carbocycles. The fourth-order valence-electron chi connectivity index (χ4n) is 2.73. The fourth-order valence-corrected chi connectivity index (χ4v) is 2.73. The van der Waals surface area contributed by atoms with E-state index in [0.717, 1.165) is 12.8 Å². The minimum Gasteiger partial charge on any atom is -0.349 e. The molecule has 0 bridgehead atoms. The van der Waals surface area contributed by atoms with Gasteiger partial charge in [-0.1, -0.05) is 6.07 Å². The van der Waals surface area contributed by atoms with Gasteiger partial charge in [-0.3, -0.25) is 9.59 Å². The molecule has 1 aliphatic rings. The summed E-state index contributed by atoms with van der Waals surface area (Å²) in [4.78, 5) is 28.9. The second-order valence-electron chi connectivity index (χ2n) is 6.65. The van der Waals surface area contributed by atoms with E-state index in [-0.39, 0.29) is 23.6 Å². The van der Waals surface area contributed by atoms with Gasteiger partial charge < -0.3 is 10.6 Å². The van der Waals surface area contributed by atoms with Crippen LogP contribution in [0.1, 0.15) is 39.6 Å². The van der Waals surface area contributed by atoms with Crippen LogP contribution in [0.3, 0.4) is 0 Å². The van der Waals surface area contributed by atoms with Crippen molar-refractivity contribution in [3.8, 4) is 5.69 Å². The molecule has 4 rings (SSSR count). The maximum absolute atomic E-state index is 13.1. The number of carbonyl (C=O) groups is 2. The van der Waals surface area contributed by atoms with Gasteiger partial charge in [0.25, 0.3) is 11.8 Å². The average Bonchev–Trinajstić information content (AvgIpc) is 3.41. The van der Waals surface area contributed by atoms with E-state index in [2.05, 4.69) is 20.7 Å². The number of hydrogen-bond acceptors (Lipinski definition) is 4. The van der Waals surface area contributed by atoms with Crippen molar-refractivity contribution in [3.05, 3.63) is 71.6 Å². The number of aryl methyl sites for hydroxylation is 1. The number of aromatic nitrogens is 3. The predicted octanol–water partition coefficient (Wildman–Crippen LogP) is 2.86. The molecule has 1 fully saturated rings. The summed E-state index contributed by atoms with van der Waals surface area (Å²) in [5.41, 5.74) is 1.55. The van der Waals surface area contributed by atoms with E-state index in [4.69, 9.17) is 0 Å². The van der Waals surface area contributed by atoms with Crippen LogP contribution in [0, 0.1) is 12.7 Å². The molecule has 0 atom stereocenters. The topological polar surface area (TPSA) is 88.9 Å². The Hall–Kier alpha value is -3.55. The van der Waals surface area contributed by atoms with Gasteiger partial charge in [-0.15, -0.1) is 5.10 Å². The first-order chi connectivity index (χ1) is 13.5. The number of halogens is 1. The minimum atomic E-state index is -0.497. The Morgan fingerprint density at radius 3 is 2.57 bits per heavy atom. The first kappa shape index (κ1) is 17.8. The summed E-state index contributed by atoms with van der Waals surface area (Å²) in [5, 5.41) is 9.82. The zero-order valence-corrected chi connectivity index (χ0v) is 15.1. The molecule has 142 valence electrons. The molecule has 1 heterocycles. The lowest BCUT2D eigenvalue weighted by atomic mass is 10.2. The van der Waals surface area contributed by atoms with Gasteiger partial charge in [0.15, 0.2) is 0 Å². The SMILES string of the molecule is Cc1nc(C(=O)Nc2cccc(C(=O)NC3CC3)c2)nn1-c1ccc(F)cc1. The first-order valence-electron chi connectivity index (χ1n) is 8.91. The number of anilines is 1. The van der Waals surface area contributed by atoms with E-state index in [1.165, 1.54) is 16.8 Å². The van der Waals surface area contributed by atoms with Crippen LogP contribution in [-0.4, -0.2) is 32.6 Å². The van der Waals surface area contributed by atoms with Gasteiger partial charge in [0, 0.05) is 17.3 Å². The molecule has 8 heteroatoms. The Kier molecular flexibility index (Phi) is 4.60. The molecule has 0 unspecified atom stereocenters. The second-order valence-corrected chi connectivity index (χ2v) is 6.65. The third-order valence-corrected chi connectivity index (χ3v) is 4.34. The minimum absolute atomic E-state index is 0.0188. The summed E-state index contributed by atoms with van der Waals surface area (Å²) in [6.07, 6.45) is 2.01. The first-order valence-corrected chi connectivity index (χ1v) is 8.91. The van der Waals surface area contributed by atoms with Gasteiger partial charge in [-0.05, 0) is 62.2 Å². The highest BCUT2D eigenvalue weighted by Crippen LogP contribution is 2.20. The van der Waals surface area contributed by atoms with Crippen LogP contribution in [-0.2, 0) is 0 Å². The summed E-state index contributed by atoms with van der Waals surface area (Å²) in [5.74, 6) is -0.536. The molecule has 0 radical (unpaired) electrons. The van der Waals surface area contributed by atoms with Crippen molar-refractivity contribution in [2.75, 3.05) is 5.32 Å². The van der Waals surface area contributed by atoms with Gasteiger partial charge in [-0.25, -0.2) is 14.1 Å². The number of rotatable bonds is 5. The number of nitrogens with zero attached hydrogens (tertiary/aromatic N) is 3. The molecule has 28 heavy (non-hydrogen) atoms. The monoisotopic (exact) mass is 379 g/mol. The highest BCUT2D eigenvalue weighted by atomic mass is 19.1. The van der Waals surface area contributed by atoms with Crippen molar-refractivity contribution >= 4 is 17.5 Å². The molecule has 2 N–H and O–H groups in total. The highest BCUT2D eigenvalue weighted by Gasteiger charge is 2.24. The van der Waals surface area contributed by atoms with Crippen LogP contribution in [0.2, 0.25) is 0 Å². The Balaban J connectivity index is 1.50. The van der Waals surface area contributed by atoms with Crippen molar-refractivity contribution in [1.29, 1.82) is 0 Å². The van der Waals surface area contributed by atoms with Crippen LogP contribution in [0.25, 0.3) is 5.69 Å². The summed E-state index contributed by atoms with van der Waals surface area (Å²) >= 11 is 0.